The van der Waals surface area contributed by atoms with E-state index in [1.54, 1.807) is 32.3 Å². The second kappa shape index (κ2) is 4.06. The first-order chi connectivity index (χ1) is 7.61. The normalized spacial score (nSPS) is 10.4. The van der Waals surface area contributed by atoms with E-state index >= 15 is 0 Å². The van der Waals surface area contributed by atoms with E-state index < -0.39 is 0 Å². The molecular formula is C11H10ClN3O. The van der Waals surface area contributed by atoms with E-state index in [-0.39, 0.29) is 5.78 Å². The summed E-state index contributed by atoms with van der Waals surface area (Å²) >= 11 is 5.92. The van der Waals surface area contributed by atoms with Gasteiger partial charge in [0.1, 0.15) is 5.69 Å². The summed E-state index contributed by atoms with van der Waals surface area (Å²) in [7, 11) is 1.69. The number of pyridine rings is 1. The van der Waals surface area contributed by atoms with Gasteiger partial charge in [0.2, 0.25) is 5.78 Å². The molecule has 0 N–H and O–H groups in total. The Bertz CT molecular complexity index is 528. The summed E-state index contributed by atoms with van der Waals surface area (Å²) < 4.78 is 1.47. The summed E-state index contributed by atoms with van der Waals surface area (Å²) in [5, 5.41) is 4.29. The Morgan fingerprint density at radius 2 is 2.25 bits per heavy atom. The molecule has 16 heavy (non-hydrogen) atoms. The molecule has 5 heteroatoms. The van der Waals surface area contributed by atoms with Crippen LogP contribution in [-0.2, 0) is 7.05 Å². The van der Waals surface area contributed by atoms with Crippen LogP contribution < -0.4 is 0 Å². The summed E-state index contributed by atoms with van der Waals surface area (Å²) in [6.07, 6.45) is 3.11. The van der Waals surface area contributed by atoms with E-state index in [1.807, 2.05) is 0 Å². The van der Waals surface area contributed by atoms with Gasteiger partial charge in [-0.3, -0.25) is 14.5 Å². The van der Waals surface area contributed by atoms with E-state index in [0.29, 0.717) is 22.0 Å². The molecule has 0 amide bonds. The minimum Gasteiger partial charge on any atom is -0.287 e. The Hall–Kier alpha value is -1.68. The molecule has 2 aromatic heterocycles. The van der Waals surface area contributed by atoms with Gasteiger partial charge in [0, 0.05) is 24.5 Å². The van der Waals surface area contributed by atoms with E-state index in [0.717, 1.165) is 0 Å². The van der Waals surface area contributed by atoms with Gasteiger partial charge in [-0.05, 0) is 19.1 Å². The topological polar surface area (TPSA) is 47.8 Å². The maximum absolute atomic E-state index is 12.2. The predicted octanol–water partition coefficient (Wildman–Crippen LogP) is 2.01. The number of carbonyl (C=O) groups excluding carboxylic acids is 1. The first-order valence-electron chi connectivity index (χ1n) is 4.75. The quantitative estimate of drug-likeness (QED) is 0.748. The zero-order valence-electron chi connectivity index (χ0n) is 8.94. The van der Waals surface area contributed by atoms with Crippen molar-refractivity contribution in [1.29, 1.82) is 0 Å². The smallest absolute Gasteiger partial charge is 0.214 e. The molecule has 0 aromatic carbocycles. The van der Waals surface area contributed by atoms with Gasteiger partial charge < -0.3 is 0 Å². The van der Waals surface area contributed by atoms with Gasteiger partial charge in [0.15, 0.2) is 0 Å². The summed E-state index contributed by atoms with van der Waals surface area (Å²) in [5.74, 6) is -0.157. The first-order valence-corrected chi connectivity index (χ1v) is 5.13. The molecule has 0 fully saturated rings. The highest BCUT2D eigenvalue weighted by Crippen LogP contribution is 2.19. The van der Waals surface area contributed by atoms with Gasteiger partial charge in [-0.2, -0.15) is 5.10 Å². The van der Waals surface area contributed by atoms with E-state index in [1.165, 1.54) is 10.9 Å². The van der Waals surface area contributed by atoms with Crippen molar-refractivity contribution in [3.63, 3.8) is 0 Å². The Balaban J connectivity index is 2.52. The minimum absolute atomic E-state index is 0.157. The summed E-state index contributed by atoms with van der Waals surface area (Å²) in [5.41, 5.74) is 1.62. The second-order valence-electron chi connectivity index (χ2n) is 3.43. The lowest BCUT2D eigenvalue weighted by Crippen LogP contribution is -2.10. The lowest BCUT2D eigenvalue weighted by molar-refractivity contribution is 0.102. The maximum Gasteiger partial charge on any atom is 0.214 e. The van der Waals surface area contributed by atoms with Crippen LogP contribution in [-0.4, -0.2) is 20.5 Å². The van der Waals surface area contributed by atoms with Crippen LogP contribution in [0.5, 0.6) is 0 Å². The van der Waals surface area contributed by atoms with Crippen LogP contribution in [0.4, 0.5) is 0 Å². The maximum atomic E-state index is 12.2. The number of halogens is 1. The lowest BCUT2D eigenvalue weighted by atomic mass is 10.1. The fourth-order valence-electron chi connectivity index (χ4n) is 1.52. The van der Waals surface area contributed by atoms with Gasteiger partial charge in [0.05, 0.1) is 11.2 Å². The van der Waals surface area contributed by atoms with Crippen LogP contribution in [0.3, 0.4) is 0 Å². The second-order valence-corrected chi connectivity index (χ2v) is 3.84. The molecule has 0 aliphatic rings. The van der Waals surface area contributed by atoms with Crippen LogP contribution in [0, 0.1) is 6.92 Å². The van der Waals surface area contributed by atoms with Gasteiger partial charge in [-0.15, -0.1) is 0 Å². The number of carbonyl (C=O) groups is 1. The Morgan fingerprint density at radius 3 is 2.81 bits per heavy atom. The van der Waals surface area contributed by atoms with Crippen LogP contribution in [0.1, 0.15) is 21.7 Å². The number of nitrogens with zero attached hydrogens (tertiary/aromatic N) is 3. The van der Waals surface area contributed by atoms with Crippen LogP contribution >= 0.6 is 11.6 Å². The van der Waals surface area contributed by atoms with Crippen molar-refractivity contribution < 1.29 is 4.79 Å². The van der Waals surface area contributed by atoms with Crippen LogP contribution in [0.15, 0.2) is 24.5 Å². The zero-order valence-corrected chi connectivity index (χ0v) is 9.69. The highest BCUT2D eigenvalue weighted by atomic mass is 35.5. The van der Waals surface area contributed by atoms with E-state index in [2.05, 4.69) is 10.1 Å². The van der Waals surface area contributed by atoms with Gasteiger partial charge in [0.25, 0.3) is 0 Å². The standard InChI is InChI=1S/C11H10ClN3O/c1-7-8(4-3-5-13-7)11(16)10-9(12)6-14-15(10)2/h3-6H,1-2H3. The summed E-state index contributed by atoms with van der Waals surface area (Å²) in [4.78, 5) is 16.3. The molecule has 0 aliphatic carbocycles. The van der Waals surface area contributed by atoms with Crippen molar-refractivity contribution in [2.24, 2.45) is 7.05 Å². The Morgan fingerprint density at radius 1 is 1.50 bits per heavy atom. The molecule has 4 nitrogen and oxygen atoms in total. The number of aromatic nitrogens is 3. The fourth-order valence-corrected chi connectivity index (χ4v) is 1.77. The molecular weight excluding hydrogens is 226 g/mol. The average Bonchev–Trinajstić information content (AvgIpc) is 2.58. The number of rotatable bonds is 2. The van der Waals surface area contributed by atoms with E-state index in [9.17, 15) is 4.79 Å². The third-order valence-electron chi connectivity index (χ3n) is 2.36. The Kier molecular flexibility index (Phi) is 2.75. The summed E-state index contributed by atoms with van der Waals surface area (Å²) in [6, 6.07) is 3.46. The molecule has 0 atom stereocenters. The SMILES string of the molecule is Cc1ncccc1C(=O)c1c(Cl)cnn1C. The van der Waals surface area contributed by atoms with Crippen molar-refractivity contribution in [1.82, 2.24) is 14.8 Å². The van der Waals surface area contributed by atoms with Crippen molar-refractivity contribution in [3.8, 4) is 0 Å². The minimum atomic E-state index is -0.157. The third kappa shape index (κ3) is 1.72. The van der Waals surface area contributed by atoms with Crippen molar-refractivity contribution >= 4 is 17.4 Å². The fraction of sp³-hybridized carbons (Fsp3) is 0.182. The molecule has 2 aromatic rings. The predicted molar refractivity (Wildman–Crippen MR) is 60.6 cm³/mol. The van der Waals surface area contributed by atoms with E-state index in [4.69, 9.17) is 11.6 Å². The highest BCUT2D eigenvalue weighted by Gasteiger charge is 2.19. The van der Waals surface area contributed by atoms with Gasteiger partial charge in [-0.25, -0.2) is 0 Å². The van der Waals surface area contributed by atoms with Crippen molar-refractivity contribution in [2.75, 3.05) is 0 Å². The number of ketones is 1. The van der Waals surface area contributed by atoms with Gasteiger partial charge in [-0.1, -0.05) is 11.6 Å². The summed E-state index contributed by atoms with van der Waals surface area (Å²) in [6.45, 7) is 1.79. The van der Waals surface area contributed by atoms with Gasteiger partial charge >= 0.3 is 0 Å². The van der Waals surface area contributed by atoms with Crippen LogP contribution in [0.25, 0.3) is 0 Å². The zero-order chi connectivity index (χ0) is 11.7. The lowest BCUT2D eigenvalue weighted by Gasteiger charge is -2.04. The molecule has 0 saturated carbocycles. The third-order valence-corrected chi connectivity index (χ3v) is 2.64. The Labute approximate surface area is 97.9 Å². The highest BCUT2D eigenvalue weighted by molar-refractivity contribution is 6.34. The monoisotopic (exact) mass is 235 g/mol. The number of hydrogen-bond acceptors (Lipinski definition) is 3. The van der Waals surface area contributed by atoms with Crippen LogP contribution in [0.2, 0.25) is 5.02 Å². The van der Waals surface area contributed by atoms with Crippen molar-refractivity contribution in [3.05, 3.63) is 46.5 Å². The molecule has 2 rings (SSSR count). The molecule has 0 radical (unpaired) electrons. The average molecular weight is 236 g/mol. The largest absolute Gasteiger partial charge is 0.287 e. The molecule has 0 bridgehead atoms. The first kappa shape index (κ1) is 10.8. The number of aryl methyl sites for hydroxylation is 2. The number of hydrogen-bond donors (Lipinski definition) is 0. The molecule has 0 aliphatic heterocycles. The molecule has 0 saturated heterocycles. The molecule has 82 valence electrons. The molecule has 0 spiro atoms. The molecule has 0 unspecified atom stereocenters. The molecule has 2 heterocycles. The van der Waals surface area contributed by atoms with Crippen molar-refractivity contribution in [2.45, 2.75) is 6.92 Å².